The lowest BCUT2D eigenvalue weighted by atomic mass is 10.2. The van der Waals surface area contributed by atoms with Crippen molar-refractivity contribution in [2.75, 3.05) is 36.5 Å². The number of nitrogens with one attached hydrogen (secondary N) is 2. The van der Waals surface area contributed by atoms with E-state index in [4.69, 9.17) is 4.74 Å². The van der Waals surface area contributed by atoms with Crippen LogP contribution >= 0.6 is 0 Å². The Bertz CT molecular complexity index is 720. The van der Waals surface area contributed by atoms with Crippen molar-refractivity contribution in [1.82, 2.24) is 10.3 Å². The summed E-state index contributed by atoms with van der Waals surface area (Å²) in [6, 6.07) is 9.38. The molecule has 2 heterocycles. The Morgan fingerprint density at radius 3 is 2.80 bits per heavy atom. The van der Waals surface area contributed by atoms with Crippen LogP contribution in [0.2, 0.25) is 0 Å². The van der Waals surface area contributed by atoms with Crippen molar-refractivity contribution in [3.05, 3.63) is 54.1 Å². The second-order valence-corrected chi connectivity index (χ2v) is 5.87. The van der Waals surface area contributed by atoms with Crippen molar-refractivity contribution >= 4 is 17.4 Å². The van der Waals surface area contributed by atoms with E-state index in [0.29, 0.717) is 32.0 Å². The molecular formula is C18H21FN4O2. The van der Waals surface area contributed by atoms with Crippen LogP contribution < -0.4 is 15.5 Å². The van der Waals surface area contributed by atoms with E-state index >= 15 is 0 Å². The van der Waals surface area contributed by atoms with Crippen LogP contribution in [0.15, 0.2) is 42.6 Å². The second-order valence-electron chi connectivity index (χ2n) is 5.87. The predicted molar refractivity (Wildman–Crippen MR) is 94.2 cm³/mol. The lowest BCUT2D eigenvalue weighted by Crippen LogP contribution is -2.36. The molecule has 0 radical (unpaired) electrons. The maximum atomic E-state index is 13.9. The number of hydrogen-bond donors (Lipinski definition) is 2. The minimum Gasteiger partial charge on any atom is -0.378 e. The standard InChI is InChI=1S/C18H21FN4O2/c1-13(17-4-2-3-5-20-17)21-18(24)22-15-10-14(19)11-16(12-15)23-6-8-25-9-7-23/h2-5,10-13H,6-9H2,1H3,(H2,21,22,24)/t13-/m1/s1. The first-order valence-electron chi connectivity index (χ1n) is 8.23. The van der Waals surface area contributed by atoms with E-state index in [-0.39, 0.29) is 6.04 Å². The summed E-state index contributed by atoms with van der Waals surface area (Å²) < 4.78 is 19.2. The number of rotatable bonds is 4. The van der Waals surface area contributed by atoms with Crippen molar-refractivity contribution < 1.29 is 13.9 Å². The molecule has 0 spiro atoms. The van der Waals surface area contributed by atoms with Crippen LogP contribution in [0.25, 0.3) is 0 Å². The highest BCUT2D eigenvalue weighted by atomic mass is 19.1. The topological polar surface area (TPSA) is 66.5 Å². The lowest BCUT2D eigenvalue weighted by Gasteiger charge is -2.29. The van der Waals surface area contributed by atoms with Crippen molar-refractivity contribution in [1.29, 1.82) is 0 Å². The summed E-state index contributed by atoms with van der Waals surface area (Å²) in [6.45, 7) is 4.47. The number of carbonyl (C=O) groups is 1. The highest BCUT2D eigenvalue weighted by Crippen LogP contribution is 2.23. The smallest absolute Gasteiger partial charge is 0.319 e. The molecule has 2 amide bonds. The molecule has 132 valence electrons. The highest BCUT2D eigenvalue weighted by Gasteiger charge is 2.15. The fourth-order valence-corrected chi connectivity index (χ4v) is 2.72. The quantitative estimate of drug-likeness (QED) is 0.895. The fourth-order valence-electron chi connectivity index (χ4n) is 2.72. The summed E-state index contributed by atoms with van der Waals surface area (Å²) >= 11 is 0. The molecule has 3 rings (SSSR count). The number of anilines is 2. The zero-order valence-corrected chi connectivity index (χ0v) is 14.0. The zero-order valence-electron chi connectivity index (χ0n) is 14.0. The molecule has 2 N–H and O–H groups in total. The SMILES string of the molecule is C[C@@H](NC(=O)Nc1cc(F)cc(N2CCOCC2)c1)c1ccccn1. The Kier molecular flexibility index (Phi) is 5.45. The number of nitrogens with zero attached hydrogens (tertiary/aromatic N) is 2. The van der Waals surface area contributed by atoms with Crippen molar-refractivity contribution in [2.24, 2.45) is 0 Å². The third kappa shape index (κ3) is 4.67. The van der Waals surface area contributed by atoms with Crippen LogP contribution in [0.1, 0.15) is 18.7 Å². The van der Waals surface area contributed by atoms with Gasteiger partial charge in [0.15, 0.2) is 0 Å². The Morgan fingerprint density at radius 1 is 1.28 bits per heavy atom. The summed E-state index contributed by atoms with van der Waals surface area (Å²) in [5.41, 5.74) is 1.90. The van der Waals surface area contributed by atoms with Gasteiger partial charge in [0.25, 0.3) is 0 Å². The molecule has 1 atom stereocenters. The number of pyridine rings is 1. The van der Waals surface area contributed by atoms with Crippen molar-refractivity contribution in [3.8, 4) is 0 Å². The minimum atomic E-state index is -0.406. The van der Waals surface area contributed by atoms with Crippen LogP contribution in [0.4, 0.5) is 20.6 Å². The maximum Gasteiger partial charge on any atom is 0.319 e. The molecule has 0 bridgehead atoms. The van der Waals surface area contributed by atoms with Crippen LogP contribution in [0, 0.1) is 5.82 Å². The van der Waals surface area contributed by atoms with Gasteiger partial charge in [0.1, 0.15) is 5.82 Å². The monoisotopic (exact) mass is 344 g/mol. The average molecular weight is 344 g/mol. The first-order valence-corrected chi connectivity index (χ1v) is 8.23. The van der Waals surface area contributed by atoms with Gasteiger partial charge < -0.3 is 20.3 Å². The first kappa shape index (κ1) is 17.2. The van der Waals surface area contributed by atoms with E-state index in [1.54, 1.807) is 12.3 Å². The number of halogens is 1. The molecule has 6 nitrogen and oxygen atoms in total. The number of benzene rings is 1. The molecule has 0 unspecified atom stereocenters. The summed E-state index contributed by atoms with van der Waals surface area (Å²) in [7, 11) is 0. The molecular weight excluding hydrogens is 323 g/mol. The van der Waals surface area contributed by atoms with Crippen LogP contribution in [-0.4, -0.2) is 37.3 Å². The van der Waals surface area contributed by atoms with E-state index in [1.807, 2.05) is 30.0 Å². The van der Waals surface area contributed by atoms with E-state index in [2.05, 4.69) is 15.6 Å². The van der Waals surface area contributed by atoms with Gasteiger partial charge in [0, 0.05) is 30.7 Å². The summed E-state index contributed by atoms with van der Waals surface area (Å²) in [5.74, 6) is -0.392. The third-order valence-corrected chi connectivity index (χ3v) is 4.00. The largest absolute Gasteiger partial charge is 0.378 e. The number of carbonyl (C=O) groups excluding carboxylic acids is 1. The van der Waals surface area contributed by atoms with Crippen LogP contribution in [-0.2, 0) is 4.74 Å². The average Bonchev–Trinajstić information content (AvgIpc) is 2.62. The molecule has 2 aromatic rings. The van der Waals surface area contributed by atoms with Gasteiger partial charge in [-0.25, -0.2) is 9.18 Å². The predicted octanol–water partition coefficient (Wildman–Crippen LogP) is 2.94. The van der Waals surface area contributed by atoms with Gasteiger partial charge in [-0.05, 0) is 37.3 Å². The van der Waals surface area contributed by atoms with Gasteiger partial charge in [-0.15, -0.1) is 0 Å². The van der Waals surface area contributed by atoms with Gasteiger partial charge in [-0.3, -0.25) is 4.98 Å². The molecule has 7 heteroatoms. The molecule has 1 aliphatic rings. The van der Waals surface area contributed by atoms with E-state index in [1.165, 1.54) is 12.1 Å². The number of urea groups is 1. The molecule has 1 fully saturated rings. The zero-order chi connectivity index (χ0) is 17.6. The maximum absolute atomic E-state index is 13.9. The van der Waals surface area contributed by atoms with Crippen LogP contribution in [0.3, 0.4) is 0 Å². The van der Waals surface area contributed by atoms with E-state index in [0.717, 1.165) is 11.4 Å². The molecule has 0 saturated carbocycles. The number of aromatic nitrogens is 1. The van der Waals surface area contributed by atoms with E-state index < -0.39 is 11.8 Å². The second kappa shape index (κ2) is 7.94. The summed E-state index contributed by atoms with van der Waals surface area (Å²) in [6.07, 6.45) is 1.67. The molecule has 1 aromatic carbocycles. The third-order valence-electron chi connectivity index (χ3n) is 4.00. The Labute approximate surface area is 146 Å². The minimum absolute atomic E-state index is 0.256. The van der Waals surface area contributed by atoms with Gasteiger partial charge in [0.05, 0.1) is 24.9 Å². The molecule has 1 saturated heterocycles. The molecule has 1 aliphatic heterocycles. The first-order chi connectivity index (χ1) is 12.1. The van der Waals surface area contributed by atoms with Gasteiger partial charge in [-0.2, -0.15) is 0 Å². The van der Waals surface area contributed by atoms with Gasteiger partial charge in [0.2, 0.25) is 0 Å². The van der Waals surface area contributed by atoms with Crippen molar-refractivity contribution in [2.45, 2.75) is 13.0 Å². The number of amides is 2. The summed E-state index contributed by atoms with van der Waals surface area (Å²) in [4.78, 5) is 18.4. The number of ether oxygens (including phenoxy) is 1. The normalized spacial score (nSPS) is 15.5. The Hall–Kier alpha value is -2.67. The molecule has 25 heavy (non-hydrogen) atoms. The molecule has 0 aliphatic carbocycles. The number of morpholine rings is 1. The molecule has 1 aromatic heterocycles. The van der Waals surface area contributed by atoms with Crippen molar-refractivity contribution in [3.63, 3.8) is 0 Å². The Balaban J connectivity index is 1.65. The fraction of sp³-hybridized carbons (Fsp3) is 0.333. The Morgan fingerprint density at radius 2 is 2.08 bits per heavy atom. The van der Waals surface area contributed by atoms with Gasteiger partial charge in [-0.1, -0.05) is 6.07 Å². The number of hydrogen-bond acceptors (Lipinski definition) is 4. The lowest BCUT2D eigenvalue weighted by molar-refractivity contribution is 0.122. The summed E-state index contributed by atoms with van der Waals surface area (Å²) in [5, 5.41) is 5.48. The highest BCUT2D eigenvalue weighted by molar-refractivity contribution is 5.90. The van der Waals surface area contributed by atoms with Gasteiger partial charge >= 0.3 is 6.03 Å². The van der Waals surface area contributed by atoms with Crippen LogP contribution in [0.5, 0.6) is 0 Å². The van der Waals surface area contributed by atoms with E-state index in [9.17, 15) is 9.18 Å².